The standard InChI is InChI=1S/C22H19N5S2/c1-12-11-18-25-26-22(27(18)16-9-5-3-7-14(12)16)29-21-19-15-8-4-6-10-17(15)28-20(19)23-13(2)24-21/h3,5,7,9,11H,4,6,8,10H2,1-2H3. The number of aromatic nitrogens is 5. The molecule has 0 N–H and O–H groups in total. The molecule has 4 aromatic heterocycles. The third-order valence-corrected chi connectivity index (χ3v) is 7.78. The number of thiophene rings is 1. The molecule has 0 amide bonds. The molecule has 0 atom stereocenters. The zero-order chi connectivity index (χ0) is 19.5. The first kappa shape index (κ1) is 17.4. The summed E-state index contributed by atoms with van der Waals surface area (Å²) in [5.41, 5.74) is 4.67. The van der Waals surface area contributed by atoms with Crippen LogP contribution in [0.4, 0.5) is 0 Å². The van der Waals surface area contributed by atoms with Gasteiger partial charge in [-0.3, -0.25) is 4.40 Å². The monoisotopic (exact) mass is 417 g/mol. The fraction of sp³-hybridized carbons (Fsp3) is 0.273. The second-order valence-electron chi connectivity index (χ2n) is 7.59. The van der Waals surface area contributed by atoms with E-state index in [1.807, 2.05) is 18.3 Å². The Labute approximate surface area is 176 Å². The van der Waals surface area contributed by atoms with E-state index in [2.05, 4.69) is 51.9 Å². The molecule has 144 valence electrons. The summed E-state index contributed by atoms with van der Waals surface area (Å²) in [6.07, 6.45) is 4.80. The van der Waals surface area contributed by atoms with Crippen LogP contribution in [0.5, 0.6) is 0 Å². The highest BCUT2D eigenvalue weighted by Gasteiger charge is 2.22. The summed E-state index contributed by atoms with van der Waals surface area (Å²) < 4.78 is 2.15. The minimum absolute atomic E-state index is 0.813. The molecule has 0 aliphatic heterocycles. The smallest absolute Gasteiger partial charge is 0.202 e. The van der Waals surface area contributed by atoms with Gasteiger partial charge in [0.2, 0.25) is 5.16 Å². The van der Waals surface area contributed by atoms with Crippen molar-refractivity contribution in [1.29, 1.82) is 0 Å². The average molecular weight is 418 g/mol. The number of pyridine rings is 1. The maximum atomic E-state index is 4.84. The number of hydrogen-bond donors (Lipinski definition) is 0. The summed E-state index contributed by atoms with van der Waals surface area (Å²) >= 11 is 3.45. The van der Waals surface area contributed by atoms with Gasteiger partial charge in [0, 0.05) is 15.6 Å². The number of nitrogens with zero attached hydrogens (tertiary/aromatic N) is 5. The zero-order valence-electron chi connectivity index (χ0n) is 16.3. The molecule has 0 bridgehead atoms. The van der Waals surface area contributed by atoms with Crippen molar-refractivity contribution < 1.29 is 0 Å². The first-order valence-corrected chi connectivity index (χ1v) is 11.5. The molecule has 0 spiro atoms. The summed E-state index contributed by atoms with van der Waals surface area (Å²) in [4.78, 5) is 12.2. The lowest BCUT2D eigenvalue weighted by atomic mass is 9.97. The van der Waals surface area contributed by atoms with Gasteiger partial charge in [-0.25, -0.2) is 9.97 Å². The molecule has 6 rings (SSSR count). The van der Waals surface area contributed by atoms with Gasteiger partial charge in [-0.15, -0.1) is 21.5 Å². The van der Waals surface area contributed by atoms with Crippen molar-refractivity contribution in [3.05, 3.63) is 52.2 Å². The predicted octanol–water partition coefficient (Wildman–Crippen LogP) is 5.53. The molecule has 0 saturated heterocycles. The van der Waals surface area contributed by atoms with Gasteiger partial charge in [0.05, 0.1) is 5.52 Å². The molecular weight excluding hydrogens is 398 g/mol. The van der Waals surface area contributed by atoms with E-state index in [9.17, 15) is 0 Å². The van der Waals surface area contributed by atoms with Crippen LogP contribution in [0.1, 0.15) is 34.7 Å². The third kappa shape index (κ3) is 2.68. The molecule has 1 aliphatic rings. The van der Waals surface area contributed by atoms with Gasteiger partial charge in [0.25, 0.3) is 0 Å². The van der Waals surface area contributed by atoms with Crippen LogP contribution in [-0.2, 0) is 12.8 Å². The Morgan fingerprint density at radius 3 is 2.83 bits per heavy atom. The minimum Gasteiger partial charge on any atom is -0.270 e. The van der Waals surface area contributed by atoms with Crippen molar-refractivity contribution in [1.82, 2.24) is 24.6 Å². The molecule has 1 aromatic carbocycles. The number of benzene rings is 1. The van der Waals surface area contributed by atoms with Gasteiger partial charge in [-0.05, 0) is 74.6 Å². The Hall–Kier alpha value is -2.51. The molecule has 0 unspecified atom stereocenters. The quantitative estimate of drug-likeness (QED) is 0.353. The van der Waals surface area contributed by atoms with E-state index in [4.69, 9.17) is 9.97 Å². The van der Waals surface area contributed by atoms with Crippen molar-refractivity contribution in [2.24, 2.45) is 0 Å². The molecule has 1 aliphatic carbocycles. The van der Waals surface area contributed by atoms with E-state index < -0.39 is 0 Å². The number of hydrogen-bond acceptors (Lipinski definition) is 6. The fourth-order valence-electron chi connectivity index (χ4n) is 4.33. The first-order valence-electron chi connectivity index (χ1n) is 9.89. The minimum atomic E-state index is 0.813. The van der Waals surface area contributed by atoms with Gasteiger partial charge in [0.15, 0.2) is 5.65 Å². The Morgan fingerprint density at radius 2 is 1.90 bits per heavy atom. The van der Waals surface area contributed by atoms with Crippen LogP contribution < -0.4 is 0 Å². The van der Waals surface area contributed by atoms with Crippen LogP contribution in [0.15, 0.2) is 40.5 Å². The van der Waals surface area contributed by atoms with E-state index in [1.165, 1.54) is 39.6 Å². The van der Waals surface area contributed by atoms with Crippen LogP contribution in [0, 0.1) is 13.8 Å². The fourth-order valence-corrected chi connectivity index (χ4v) is 6.74. The van der Waals surface area contributed by atoms with Crippen molar-refractivity contribution in [2.75, 3.05) is 0 Å². The molecule has 7 heteroatoms. The Bertz CT molecular complexity index is 1420. The van der Waals surface area contributed by atoms with Crippen molar-refractivity contribution in [3.8, 4) is 0 Å². The zero-order valence-corrected chi connectivity index (χ0v) is 17.9. The summed E-state index contributed by atoms with van der Waals surface area (Å²) in [5.74, 6) is 0.813. The van der Waals surface area contributed by atoms with E-state index in [0.29, 0.717) is 0 Å². The van der Waals surface area contributed by atoms with Crippen molar-refractivity contribution >= 4 is 49.9 Å². The van der Waals surface area contributed by atoms with Gasteiger partial charge >= 0.3 is 0 Å². The molecule has 0 saturated carbocycles. The molecule has 5 aromatic rings. The summed E-state index contributed by atoms with van der Waals surface area (Å²) in [7, 11) is 0. The summed E-state index contributed by atoms with van der Waals surface area (Å²) in [6.45, 7) is 4.10. The van der Waals surface area contributed by atoms with Gasteiger partial charge < -0.3 is 0 Å². The second kappa shape index (κ2) is 6.50. The van der Waals surface area contributed by atoms with Gasteiger partial charge in [-0.1, -0.05) is 18.2 Å². The lowest BCUT2D eigenvalue weighted by Crippen LogP contribution is -2.00. The predicted molar refractivity (Wildman–Crippen MR) is 118 cm³/mol. The highest BCUT2D eigenvalue weighted by molar-refractivity contribution is 7.99. The van der Waals surface area contributed by atoms with E-state index >= 15 is 0 Å². The maximum absolute atomic E-state index is 4.84. The summed E-state index contributed by atoms with van der Waals surface area (Å²) in [6, 6.07) is 10.5. The number of para-hydroxylation sites is 1. The topological polar surface area (TPSA) is 56.0 Å². The molecule has 5 nitrogen and oxygen atoms in total. The number of rotatable bonds is 2. The SMILES string of the molecule is Cc1nc(Sc2nnc3cc(C)c4ccccc4n23)c2c3c(sc2n1)CCCC3. The summed E-state index contributed by atoms with van der Waals surface area (Å²) in [5, 5.41) is 13.3. The van der Waals surface area contributed by atoms with Crippen LogP contribution in [0.3, 0.4) is 0 Å². The lowest BCUT2D eigenvalue weighted by Gasteiger charge is -2.12. The van der Waals surface area contributed by atoms with Crippen LogP contribution in [-0.4, -0.2) is 24.6 Å². The van der Waals surface area contributed by atoms with Gasteiger partial charge in [0.1, 0.15) is 15.7 Å². The first-order chi connectivity index (χ1) is 14.2. The molecule has 4 heterocycles. The third-order valence-electron chi connectivity index (χ3n) is 5.66. The highest BCUT2D eigenvalue weighted by Crippen LogP contribution is 2.41. The molecular formula is C22H19N5S2. The normalized spacial score (nSPS) is 14.1. The van der Waals surface area contributed by atoms with E-state index in [-0.39, 0.29) is 0 Å². The Balaban J connectivity index is 1.58. The van der Waals surface area contributed by atoms with Gasteiger partial charge in [-0.2, -0.15) is 0 Å². The van der Waals surface area contributed by atoms with E-state index in [1.54, 1.807) is 11.8 Å². The Kier molecular flexibility index (Phi) is 3.89. The van der Waals surface area contributed by atoms with Crippen LogP contribution in [0.25, 0.3) is 26.8 Å². The molecule has 29 heavy (non-hydrogen) atoms. The average Bonchev–Trinajstić information content (AvgIpc) is 3.29. The van der Waals surface area contributed by atoms with Crippen molar-refractivity contribution in [2.45, 2.75) is 49.7 Å². The van der Waals surface area contributed by atoms with E-state index in [0.717, 1.165) is 44.8 Å². The number of fused-ring (bicyclic) bond motifs is 6. The lowest BCUT2D eigenvalue weighted by molar-refractivity contribution is 0.699. The van der Waals surface area contributed by atoms with Crippen LogP contribution >= 0.6 is 23.1 Å². The van der Waals surface area contributed by atoms with Crippen molar-refractivity contribution in [3.63, 3.8) is 0 Å². The highest BCUT2D eigenvalue weighted by atomic mass is 32.2. The van der Waals surface area contributed by atoms with Crippen LogP contribution in [0.2, 0.25) is 0 Å². The Morgan fingerprint density at radius 1 is 1.03 bits per heavy atom. The second-order valence-corrected chi connectivity index (χ2v) is 9.63. The maximum Gasteiger partial charge on any atom is 0.202 e. The largest absolute Gasteiger partial charge is 0.270 e. The molecule has 0 radical (unpaired) electrons. The number of aryl methyl sites for hydroxylation is 4. The molecule has 0 fully saturated rings.